The number of rotatable bonds is 16. The van der Waals surface area contributed by atoms with Crippen LogP contribution in [0.2, 0.25) is 0 Å². The predicted octanol–water partition coefficient (Wildman–Crippen LogP) is 5.59. The van der Waals surface area contributed by atoms with E-state index in [0.717, 1.165) is 16.7 Å². The van der Waals surface area contributed by atoms with Crippen LogP contribution in [-0.4, -0.2) is 82.8 Å². The Kier molecular flexibility index (Phi) is 12.3. The molecule has 6 rings (SSSR count). The summed E-state index contributed by atoms with van der Waals surface area (Å²) < 4.78 is 41.6. The Hall–Kier alpha value is -4.38. The molecule has 2 saturated heterocycles. The van der Waals surface area contributed by atoms with Crippen LogP contribution in [0.5, 0.6) is 11.5 Å². The number of fused-ring (bicyclic) bond motifs is 2. The number of aryl methyl sites for hydroxylation is 1. The van der Waals surface area contributed by atoms with Gasteiger partial charge < -0.3 is 33.1 Å². The van der Waals surface area contributed by atoms with Gasteiger partial charge in [-0.15, -0.1) is 0 Å². The summed E-state index contributed by atoms with van der Waals surface area (Å²) in [5, 5.41) is 23.1. The molecule has 0 amide bonds. The zero-order chi connectivity index (χ0) is 39.5. The summed E-state index contributed by atoms with van der Waals surface area (Å²) >= 11 is 0. The number of nitriles is 1. The fraction of sp³-hybridized carbons (Fsp3) is 0.439. The van der Waals surface area contributed by atoms with Crippen LogP contribution in [0.25, 0.3) is 0 Å². The van der Waals surface area contributed by atoms with Crippen molar-refractivity contribution in [3.8, 4) is 17.6 Å². The fourth-order valence-electron chi connectivity index (χ4n) is 7.88. The number of benzene rings is 3. The number of aromatic amines is 1. The molecule has 2 fully saturated rings. The summed E-state index contributed by atoms with van der Waals surface area (Å²) in [5.41, 5.74) is -1.73. The van der Waals surface area contributed by atoms with Crippen molar-refractivity contribution in [2.75, 3.05) is 27.4 Å². The van der Waals surface area contributed by atoms with Gasteiger partial charge in [-0.25, -0.2) is 9.46 Å². The topological polar surface area (TPSA) is 158 Å². The number of hydrogen-bond donors (Lipinski definition) is 2. The number of nitrogens with one attached hydrogen (secondary N) is 1. The van der Waals surface area contributed by atoms with Gasteiger partial charge in [0.25, 0.3) is 14.1 Å². The minimum absolute atomic E-state index is 0.0303. The predicted molar refractivity (Wildman–Crippen MR) is 207 cm³/mol. The molecule has 1 aromatic heterocycles. The number of ether oxygens (including phenoxy) is 4. The summed E-state index contributed by atoms with van der Waals surface area (Å²) in [6, 6.07) is 26.8. The Morgan fingerprint density at radius 1 is 0.964 bits per heavy atom. The molecule has 0 spiro atoms. The van der Waals surface area contributed by atoms with Crippen LogP contribution in [0.3, 0.4) is 0 Å². The minimum Gasteiger partial charge on any atom is -0.497 e. The Bertz CT molecular complexity index is 2010. The van der Waals surface area contributed by atoms with Gasteiger partial charge in [-0.05, 0) is 75.6 Å². The van der Waals surface area contributed by atoms with E-state index in [2.05, 4.69) is 15.7 Å². The second-order valence-corrected chi connectivity index (χ2v) is 15.7. The quantitative estimate of drug-likeness (QED) is 0.0832. The highest BCUT2D eigenvalue weighted by atomic mass is 31.2. The molecule has 3 heterocycles. The third kappa shape index (κ3) is 7.36. The molecule has 2 aliphatic rings. The SMILES string of the molecule is COc1ccc(C(c2ccccc2)(c2ccc(OC)cc2)C(O)[C@@]23CO[C@@H]([C@H](n4cc(C)c(=O)[nH]c4=O)O2)[C@@H]3OP(OCCC#N)N(C(C)C)C(C)C)cc1. The summed E-state index contributed by atoms with van der Waals surface area (Å²) in [6.45, 7) is 9.74. The van der Waals surface area contributed by atoms with Crippen LogP contribution in [0.1, 0.15) is 62.6 Å². The molecule has 55 heavy (non-hydrogen) atoms. The molecule has 13 nitrogen and oxygen atoms in total. The highest BCUT2D eigenvalue weighted by Gasteiger charge is 2.71. The molecule has 292 valence electrons. The normalized spacial score (nSPS) is 21.9. The van der Waals surface area contributed by atoms with Crippen molar-refractivity contribution in [3.05, 3.63) is 128 Å². The van der Waals surface area contributed by atoms with Gasteiger partial charge in [0.2, 0.25) is 0 Å². The number of aromatic nitrogens is 2. The first-order chi connectivity index (χ1) is 26.4. The lowest BCUT2D eigenvalue weighted by Gasteiger charge is -2.48. The van der Waals surface area contributed by atoms with E-state index in [1.54, 1.807) is 21.1 Å². The number of nitrogens with zero attached hydrogens (tertiary/aromatic N) is 3. The largest absolute Gasteiger partial charge is 0.497 e. The van der Waals surface area contributed by atoms with E-state index in [1.165, 1.54) is 10.8 Å². The highest BCUT2D eigenvalue weighted by Crippen LogP contribution is 2.59. The van der Waals surface area contributed by atoms with Gasteiger partial charge in [0, 0.05) is 23.8 Å². The first kappa shape index (κ1) is 40.3. The summed E-state index contributed by atoms with van der Waals surface area (Å²) in [4.78, 5) is 28.4. The second kappa shape index (κ2) is 16.8. The first-order valence-corrected chi connectivity index (χ1v) is 19.4. The molecular weight excluding hydrogens is 723 g/mol. The maximum Gasteiger partial charge on any atom is 0.330 e. The first-order valence-electron chi connectivity index (χ1n) is 18.3. The maximum absolute atomic E-state index is 13.7. The lowest BCUT2D eigenvalue weighted by atomic mass is 9.61. The van der Waals surface area contributed by atoms with Crippen molar-refractivity contribution in [2.45, 2.75) is 88.7 Å². The van der Waals surface area contributed by atoms with E-state index in [1.807, 2.05) is 107 Å². The van der Waals surface area contributed by atoms with Crippen LogP contribution in [0.15, 0.2) is 94.6 Å². The van der Waals surface area contributed by atoms with E-state index in [0.29, 0.717) is 17.1 Å². The third-order valence-corrected chi connectivity index (χ3v) is 12.5. The van der Waals surface area contributed by atoms with Gasteiger partial charge in [-0.2, -0.15) is 5.26 Å². The van der Waals surface area contributed by atoms with E-state index in [9.17, 15) is 20.0 Å². The molecule has 2 unspecified atom stereocenters. The van der Waals surface area contributed by atoms with E-state index < -0.39 is 55.3 Å². The minimum atomic E-state index is -1.88. The molecule has 0 aliphatic carbocycles. The summed E-state index contributed by atoms with van der Waals surface area (Å²) in [7, 11) is 1.31. The van der Waals surface area contributed by atoms with Crippen LogP contribution in [-0.2, 0) is 23.9 Å². The Labute approximate surface area is 322 Å². The third-order valence-electron chi connectivity index (χ3n) is 10.4. The molecule has 0 radical (unpaired) electrons. The molecule has 2 N–H and O–H groups in total. The Morgan fingerprint density at radius 2 is 1.53 bits per heavy atom. The van der Waals surface area contributed by atoms with Gasteiger partial charge >= 0.3 is 5.69 Å². The Morgan fingerprint density at radius 3 is 2.05 bits per heavy atom. The molecule has 4 aromatic rings. The van der Waals surface area contributed by atoms with E-state index >= 15 is 0 Å². The number of methoxy groups -OCH3 is 2. The van der Waals surface area contributed by atoms with E-state index in [4.69, 9.17) is 28.0 Å². The van der Waals surface area contributed by atoms with Crippen LogP contribution < -0.4 is 20.7 Å². The van der Waals surface area contributed by atoms with Crippen LogP contribution in [0, 0.1) is 18.3 Å². The lowest BCUT2D eigenvalue weighted by molar-refractivity contribution is -0.217. The van der Waals surface area contributed by atoms with Gasteiger partial charge in [0.1, 0.15) is 29.8 Å². The average Bonchev–Trinajstić information content (AvgIpc) is 3.69. The van der Waals surface area contributed by atoms with Crippen molar-refractivity contribution in [2.24, 2.45) is 0 Å². The maximum atomic E-state index is 13.7. The zero-order valence-electron chi connectivity index (χ0n) is 32.2. The smallest absolute Gasteiger partial charge is 0.330 e. The zero-order valence-corrected chi connectivity index (χ0v) is 33.1. The molecule has 0 saturated carbocycles. The van der Waals surface area contributed by atoms with Crippen LogP contribution >= 0.6 is 8.53 Å². The Balaban J connectivity index is 1.62. The second-order valence-electron chi connectivity index (χ2n) is 14.3. The summed E-state index contributed by atoms with van der Waals surface area (Å²) in [5.74, 6) is 1.26. The van der Waals surface area contributed by atoms with Crippen molar-refractivity contribution >= 4 is 8.53 Å². The van der Waals surface area contributed by atoms with Gasteiger partial charge in [0.15, 0.2) is 11.8 Å². The average molecular weight is 773 g/mol. The molecule has 14 heteroatoms. The van der Waals surface area contributed by atoms with Crippen molar-refractivity contribution in [1.82, 2.24) is 14.2 Å². The number of H-pyrrole nitrogens is 1. The van der Waals surface area contributed by atoms with E-state index in [-0.39, 0.29) is 31.7 Å². The fourth-order valence-corrected chi connectivity index (χ4v) is 9.68. The summed E-state index contributed by atoms with van der Waals surface area (Å²) in [6.07, 6.45) is -2.93. The van der Waals surface area contributed by atoms with Crippen molar-refractivity contribution in [3.63, 3.8) is 0 Å². The number of aliphatic hydroxyl groups is 1. The van der Waals surface area contributed by atoms with Gasteiger partial charge in [-0.3, -0.25) is 14.3 Å². The molecule has 6 atom stereocenters. The number of aliphatic hydroxyl groups excluding tert-OH is 1. The standard InChI is InChI=1S/C41H49N4O9P/c1-26(2)45(27(3)4)55(52-23-11-22-42)54-35-34-37(44-24-28(5)36(46)43-39(44)48)53-40(35,25-51-34)38(47)41(29-12-9-8-10-13-29,30-14-18-32(49-6)19-15-30)31-16-20-33(50-7)21-17-31/h8-10,12-21,24,26-27,34-35,37-38,47H,11,23,25H2,1-7H3,(H,43,46,48)/t34-,35+,37-,38?,40+,55?/m1/s1. The monoisotopic (exact) mass is 772 g/mol. The highest BCUT2D eigenvalue weighted by molar-refractivity contribution is 7.44. The molecular formula is C41H49N4O9P. The molecule has 2 bridgehead atoms. The number of hydrogen-bond acceptors (Lipinski definition) is 11. The van der Waals surface area contributed by atoms with Gasteiger partial charge in [0.05, 0.1) is 45.3 Å². The van der Waals surface area contributed by atoms with Gasteiger partial charge in [-0.1, -0.05) is 54.6 Å². The molecule has 3 aromatic carbocycles. The van der Waals surface area contributed by atoms with Crippen LogP contribution in [0.4, 0.5) is 0 Å². The van der Waals surface area contributed by atoms with Crippen molar-refractivity contribution in [1.29, 1.82) is 5.26 Å². The molecule has 2 aliphatic heterocycles. The lowest BCUT2D eigenvalue weighted by Crippen LogP contribution is -2.61. The van der Waals surface area contributed by atoms with Crippen molar-refractivity contribution < 1.29 is 33.1 Å².